The topological polar surface area (TPSA) is 69.4 Å². The zero-order valence-corrected chi connectivity index (χ0v) is 12.0. The quantitative estimate of drug-likeness (QED) is 0.641. The van der Waals surface area contributed by atoms with Gasteiger partial charge in [-0.15, -0.1) is 5.10 Å². The van der Waals surface area contributed by atoms with Crippen molar-refractivity contribution in [3.8, 4) is 0 Å². The molecule has 100 valence electrons. The Morgan fingerprint density at radius 3 is 2.95 bits per heavy atom. The molecule has 1 aliphatic carbocycles. The smallest absolute Gasteiger partial charge is 0.223 e. The molecule has 0 radical (unpaired) electrons. The molecule has 0 atom stereocenters. The third-order valence-corrected chi connectivity index (χ3v) is 4.46. The third-order valence-electron chi connectivity index (χ3n) is 3.22. The molecule has 1 saturated carbocycles. The van der Waals surface area contributed by atoms with Gasteiger partial charge in [0.2, 0.25) is 10.4 Å². The minimum absolute atomic E-state index is 0.244. The van der Waals surface area contributed by atoms with Crippen LogP contribution >= 0.6 is 23.4 Å². The van der Waals surface area contributed by atoms with Gasteiger partial charge in [-0.1, -0.05) is 12.8 Å². The predicted molar refractivity (Wildman–Crippen MR) is 71.2 cm³/mol. The number of halogens is 1. The summed E-state index contributed by atoms with van der Waals surface area (Å²) >= 11 is 7.27. The van der Waals surface area contributed by atoms with E-state index in [0.717, 1.165) is 28.6 Å². The van der Waals surface area contributed by atoms with E-state index < -0.39 is 0 Å². The molecule has 0 N–H and O–H groups in total. The summed E-state index contributed by atoms with van der Waals surface area (Å²) in [5.41, 5.74) is 0.968. The molecule has 2 aromatic heterocycles. The van der Waals surface area contributed by atoms with Crippen LogP contribution in [0.15, 0.2) is 16.4 Å². The molecule has 0 saturated heterocycles. The van der Waals surface area contributed by atoms with Crippen LogP contribution in [-0.2, 0) is 0 Å². The normalized spacial score (nSPS) is 16.1. The summed E-state index contributed by atoms with van der Waals surface area (Å²) in [6.45, 7) is 1.95. The number of tetrazole rings is 1. The van der Waals surface area contributed by atoms with Crippen molar-refractivity contribution in [2.75, 3.05) is 0 Å². The fourth-order valence-corrected chi connectivity index (χ4v) is 3.29. The number of hydrogen-bond acceptors (Lipinski definition) is 6. The molecule has 1 aliphatic rings. The van der Waals surface area contributed by atoms with Crippen molar-refractivity contribution >= 4 is 23.4 Å². The molecule has 3 rings (SSSR count). The molecule has 0 amide bonds. The molecule has 0 unspecified atom stereocenters. The van der Waals surface area contributed by atoms with E-state index >= 15 is 0 Å². The largest absolute Gasteiger partial charge is 0.226 e. The van der Waals surface area contributed by atoms with Crippen molar-refractivity contribution in [1.29, 1.82) is 0 Å². The lowest BCUT2D eigenvalue weighted by Crippen LogP contribution is -2.08. The van der Waals surface area contributed by atoms with Crippen LogP contribution in [0, 0.1) is 6.92 Å². The van der Waals surface area contributed by atoms with Gasteiger partial charge >= 0.3 is 0 Å². The van der Waals surface area contributed by atoms with Gasteiger partial charge in [0, 0.05) is 11.8 Å². The number of aromatic nitrogens is 6. The Hall–Kier alpha value is -1.21. The van der Waals surface area contributed by atoms with Crippen molar-refractivity contribution < 1.29 is 0 Å². The van der Waals surface area contributed by atoms with Crippen LogP contribution in [-0.4, -0.2) is 30.2 Å². The molecule has 2 aromatic rings. The van der Waals surface area contributed by atoms with Gasteiger partial charge in [0.25, 0.3) is 0 Å². The zero-order chi connectivity index (χ0) is 13.2. The van der Waals surface area contributed by atoms with Crippen LogP contribution in [0.2, 0.25) is 5.28 Å². The summed E-state index contributed by atoms with van der Waals surface area (Å²) in [5, 5.41) is 13.8. The first kappa shape index (κ1) is 12.8. The maximum Gasteiger partial charge on any atom is 0.223 e. The highest BCUT2D eigenvalue weighted by Crippen LogP contribution is 2.34. The van der Waals surface area contributed by atoms with E-state index in [4.69, 9.17) is 11.6 Å². The highest BCUT2D eigenvalue weighted by atomic mass is 35.5. The van der Waals surface area contributed by atoms with E-state index in [2.05, 4.69) is 25.5 Å². The first-order valence-corrected chi connectivity index (χ1v) is 7.38. The van der Waals surface area contributed by atoms with Crippen LogP contribution in [0.3, 0.4) is 0 Å². The predicted octanol–water partition coefficient (Wildman–Crippen LogP) is 2.69. The molecule has 8 heteroatoms. The Morgan fingerprint density at radius 2 is 2.16 bits per heavy atom. The van der Waals surface area contributed by atoms with Crippen molar-refractivity contribution in [3.05, 3.63) is 17.0 Å². The maximum absolute atomic E-state index is 5.83. The maximum atomic E-state index is 5.83. The highest BCUT2D eigenvalue weighted by molar-refractivity contribution is 7.99. The second-order valence-electron chi connectivity index (χ2n) is 4.57. The van der Waals surface area contributed by atoms with Crippen molar-refractivity contribution in [2.24, 2.45) is 0 Å². The lowest BCUT2D eigenvalue weighted by atomic mass is 10.3. The van der Waals surface area contributed by atoms with Crippen LogP contribution in [0.4, 0.5) is 0 Å². The van der Waals surface area contributed by atoms with Gasteiger partial charge in [-0.25, -0.2) is 14.6 Å². The van der Waals surface area contributed by atoms with Crippen molar-refractivity contribution in [3.63, 3.8) is 0 Å². The van der Waals surface area contributed by atoms with E-state index in [1.54, 1.807) is 6.20 Å². The molecule has 2 heterocycles. The molecular formula is C11H13ClN6S. The molecular weight excluding hydrogens is 284 g/mol. The lowest BCUT2D eigenvalue weighted by molar-refractivity contribution is 0.423. The summed E-state index contributed by atoms with van der Waals surface area (Å²) in [6.07, 6.45) is 6.48. The monoisotopic (exact) mass is 296 g/mol. The number of rotatable bonds is 3. The van der Waals surface area contributed by atoms with Crippen LogP contribution in [0.1, 0.15) is 37.3 Å². The Bertz CT molecular complexity index is 580. The number of hydrogen-bond donors (Lipinski definition) is 0. The Kier molecular flexibility index (Phi) is 3.65. The van der Waals surface area contributed by atoms with Gasteiger partial charge < -0.3 is 0 Å². The average molecular weight is 297 g/mol. The van der Waals surface area contributed by atoms with E-state index in [9.17, 15) is 0 Å². The highest BCUT2D eigenvalue weighted by Gasteiger charge is 2.22. The second kappa shape index (κ2) is 5.42. The van der Waals surface area contributed by atoms with Crippen molar-refractivity contribution in [2.45, 2.75) is 48.8 Å². The minimum Gasteiger partial charge on any atom is -0.226 e. The Morgan fingerprint density at radius 1 is 1.37 bits per heavy atom. The van der Waals surface area contributed by atoms with Crippen LogP contribution in [0.25, 0.3) is 0 Å². The standard InChI is InChI=1S/C11H13ClN6S/c1-7-6-13-10(12)14-9(7)19-11-15-16-17-18(11)8-4-2-3-5-8/h6,8H,2-5H2,1H3. The van der Waals surface area contributed by atoms with Gasteiger partial charge in [0.1, 0.15) is 5.03 Å². The van der Waals surface area contributed by atoms with Gasteiger partial charge in [-0.05, 0) is 53.6 Å². The van der Waals surface area contributed by atoms with E-state index in [1.807, 2.05) is 11.6 Å². The summed E-state index contributed by atoms with van der Waals surface area (Å²) in [7, 11) is 0. The summed E-state index contributed by atoms with van der Waals surface area (Å²) in [6, 6.07) is 0.412. The van der Waals surface area contributed by atoms with Gasteiger partial charge in [-0.2, -0.15) is 0 Å². The molecule has 1 fully saturated rings. The Labute approximate surface area is 120 Å². The van der Waals surface area contributed by atoms with Crippen LogP contribution < -0.4 is 0 Å². The second-order valence-corrected chi connectivity index (χ2v) is 5.87. The minimum atomic E-state index is 0.244. The van der Waals surface area contributed by atoms with E-state index in [1.165, 1.54) is 24.6 Å². The molecule has 0 aromatic carbocycles. The fourth-order valence-electron chi connectivity index (χ4n) is 2.23. The molecule has 0 spiro atoms. The van der Waals surface area contributed by atoms with Gasteiger partial charge in [0.05, 0.1) is 6.04 Å². The zero-order valence-electron chi connectivity index (χ0n) is 10.5. The molecule has 0 bridgehead atoms. The first-order chi connectivity index (χ1) is 9.24. The third kappa shape index (κ3) is 2.71. The number of aryl methyl sites for hydroxylation is 1. The summed E-state index contributed by atoms with van der Waals surface area (Å²) < 4.78 is 1.91. The van der Waals surface area contributed by atoms with E-state index in [-0.39, 0.29) is 5.28 Å². The number of nitrogens with zero attached hydrogens (tertiary/aromatic N) is 6. The van der Waals surface area contributed by atoms with Crippen LogP contribution in [0.5, 0.6) is 0 Å². The summed E-state index contributed by atoms with van der Waals surface area (Å²) in [5.74, 6) is 0. The molecule has 19 heavy (non-hydrogen) atoms. The average Bonchev–Trinajstić information content (AvgIpc) is 3.03. The summed E-state index contributed by atoms with van der Waals surface area (Å²) in [4.78, 5) is 8.17. The molecule has 6 nitrogen and oxygen atoms in total. The van der Waals surface area contributed by atoms with Gasteiger partial charge in [0.15, 0.2) is 0 Å². The SMILES string of the molecule is Cc1cnc(Cl)nc1Sc1nnnn1C1CCCC1. The molecule has 0 aliphatic heterocycles. The first-order valence-electron chi connectivity index (χ1n) is 6.19. The lowest BCUT2D eigenvalue weighted by Gasteiger charge is -2.10. The van der Waals surface area contributed by atoms with E-state index in [0.29, 0.717) is 6.04 Å². The fraction of sp³-hybridized carbons (Fsp3) is 0.545. The van der Waals surface area contributed by atoms with Crippen molar-refractivity contribution in [1.82, 2.24) is 30.2 Å². The van der Waals surface area contributed by atoms with Gasteiger partial charge in [-0.3, -0.25) is 0 Å². The Balaban J connectivity index is 1.87.